The van der Waals surface area contributed by atoms with Gasteiger partial charge >= 0.3 is 7.12 Å². The second-order valence-corrected chi connectivity index (χ2v) is 7.99. The Hall–Kier alpha value is -0.275. The van der Waals surface area contributed by atoms with Crippen molar-refractivity contribution in [1.82, 2.24) is 0 Å². The molecule has 0 bridgehead atoms. The van der Waals surface area contributed by atoms with Gasteiger partial charge in [0.15, 0.2) is 0 Å². The van der Waals surface area contributed by atoms with Crippen molar-refractivity contribution in [3.63, 3.8) is 0 Å². The van der Waals surface area contributed by atoms with Crippen molar-refractivity contribution < 1.29 is 9.31 Å². The van der Waals surface area contributed by atoms with Crippen LogP contribution >= 0.6 is 0 Å². The smallest absolute Gasteiger partial charge is 0.400 e. The lowest BCUT2D eigenvalue weighted by Crippen LogP contribution is -2.41. The summed E-state index contributed by atoms with van der Waals surface area (Å²) < 4.78 is 12.3. The van der Waals surface area contributed by atoms with E-state index in [-0.39, 0.29) is 18.3 Å². The first-order chi connectivity index (χ1) is 8.74. The number of rotatable bonds is 2. The molecule has 0 N–H and O–H groups in total. The Morgan fingerprint density at radius 2 is 1.63 bits per heavy atom. The van der Waals surface area contributed by atoms with Crippen LogP contribution in [0, 0.1) is 11.3 Å². The SMILES string of the molecule is CC1(C2CC=C(B3OC(C)(C)C(C)(C)O3)CC2)CC1. The quantitative estimate of drug-likeness (QED) is 0.696. The minimum absolute atomic E-state index is 0.113. The Morgan fingerprint density at radius 1 is 1.05 bits per heavy atom. The van der Waals surface area contributed by atoms with Crippen LogP contribution in [-0.4, -0.2) is 18.3 Å². The van der Waals surface area contributed by atoms with Crippen molar-refractivity contribution in [3.8, 4) is 0 Å². The lowest BCUT2D eigenvalue weighted by atomic mass is 9.68. The first-order valence-corrected chi connectivity index (χ1v) is 7.78. The molecule has 0 spiro atoms. The summed E-state index contributed by atoms with van der Waals surface area (Å²) in [6, 6.07) is 0. The molecule has 106 valence electrons. The average molecular weight is 262 g/mol. The van der Waals surface area contributed by atoms with Crippen LogP contribution < -0.4 is 0 Å². The number of allylic oxidation sites excluding steroid dienone is 2. The molecule has 0 aromatic heterocycles. The van der Waals surface area contributed by atoms with E-state index in [2.05, 4.69) is 40.7 Å². The molecule has 1 saturated carbocycles. The van der Waals surface area contributed by atoms with Crippen LogP contribution in [0.4, 0.5) is 0 Å². The second-order valence-electron chi connectivity index (χ2n) is 7.99. The van der Waals surface area contributed by atoms with Crippen LogP contribution in [0.15, 0.2) is 11.5 Å². The maximum atomic E-state index is 6.15. The summed E-state index contributed by atoms with van der Waals surface area (Å²) in [5, 5.41) is 0. The molecule has 3 heteroatoms. The molecule has 2 nitrogen and oxygen atoms in total. The molecule has 3 aliphatic rings. The van der Waals surface area contributed by atoms with Gasteiger partial charge in [-0.3, -0.25) is 0 Å². The van der Waals surface area contributed by atoms with Crippen LogP contribution in [0.2, 0.25) is 0 Å². The Balaban J connectivity index is 1.67. The molecule has 1 aliphatic heterocycles. The van der Waals surface area contributed by atoms with Gasteiger partial charge in [-0.2, -0.15) is 0 Å². The normalized spacial score (nSPS) is 35.1. The Bertz CT molecular complexity index is 391. The van der Waals surface area contributed by atoms with E-state index in [1.807, 2.05) is 0 Å². The Morgan fingerprint density at radius 3 is 2.05 bits per heavy atom. The second kappa shape index (κ2) is 4.11. The Labute approximate surface area is 118 Å². The molecule has 1 saturated heterocycles. The van der Waals surface area contributed by atoms with Gasteiger partial charge in [0.05, 0.1) is 11.2 Å². The highest BCUT2D eigenvalue weighted by Gasteiger charge is 2.53. The summed E-state index contributed by atoms with van der Waals surface area (Å²) in [6.07, 6.45) is 8.94. The lowest BCUT2D eigenvalue weighted by molar-refractivity contribution is 0.00578. The maximum absolute atomic E-state index is 6.15. The van der Waals surface area contributed by atoms with Gasteiger partial charge in [-0.15, -0.1) is 0 Å². The van der Waals surface area contributed by atoms with E-state index in [4.69, 9.17) is 9.31 Å². The van der Waals surface area contributed by atoms with Gasteiger partial charge in [0.1, 0.15) is 0 Å². The summed E-state index contributed by atoms with van der Waals surface area (Å²) in [4.78, 5) is 0. The fourth-order valence-electron chi connectivity index (χ4n) is 3.30. The van der Waals surface area contributed by atoms with E-state index in [1.165, 1.54) is 31.2 Å². The molecule has 19 heavy (non-hydrogen) atoms. The predicted molar refractivity (Wildman–Crippen MR) is 78.8 cm³/mol. The minimum atomic E-state index is -0.210. The third-order valence-corrected chi connectivity index (χ3v) is 6.03. The van der Waals surface area contributed by atoms with Crippen LogP contribution in [0.5, 0.6) is 0 Å². The first kappa shape index (κ1) is 13.7. The van der Waals surface area contributed by atoms with E-state index in [0.717, 1.165) is 12.3 Å². The fourth-order valence-corrected chi connectivity index (χ4v) is 3.30. The monoisotopic (exact) mass is 262 g/mol. The zero-order valence-electron chi connectivity index (χ0n) is 13.1. The Kier molecular flexibility index (Phi) is 2.96. The van der Waals surface area contributed by atoms with E-state index >= 15 is 0 Å². The molecule has 0 amide bonds. The van der Waals surface area contributed by atoms with Crippen molar-refractivity contribution in [2.24, 2.45) is 11.3 Å². The van der Waals surface area contributed by atoms with Crippen molar-refractivity contribution in [3.05, 3.63) is 11.5 Å². The molecule has 0 aromatic rings. The van der Waals surface area contributed by atoms with Gasteiger partial charge in [0.2, 0.25) is 0 Å². The molecule has 0 aromatic carbocycles. The minimum Gasteiger partial charge on any atom is -0.400 e. The summed E-state index contributed by atoms with van der Waals surface area (Å²) >= 11 is 0. The highest BCUT2D eigenvalue weighted by molar-refractivity contribution is 6.54. The summed E-state index contributed by atoms with van der Waals surface area (Å²) in [7, 11) is -0.113. The molecule has 1 unspecified atom stereocenters. The summed E-state index contributed by atoms with van der Waals surface area (Å²) in [5.74, 6) is 0.888. The molecule has 3 rings (SSSR count). The highest BCUT2D eigenvalue weighted by atomic mass is 16.7. The summed E-state index contributed by atoms with van der Waals surface area (Å²) in [5.41, 5.74) is 1.60. The molecule has 1 heterocycles. The van der Waals surface area contributed by atoms with E-state index in [0.29, 0.717) is 5.41 Å². The average Bonchev–Trinajstić information content (AvgIpc) is 3.02. The van der Waals surface area contributed by atoms with E-state index in [9.17, 15) is 0 Å². The number of hydrogen-bond acceptors (Lipinski definition) is 2. The van der Waals surface area contributed by atoms with Gasteiger partial charge in [-0.25, -0.2) is 0 Å². The number of hydrogen-bond donors (Lipinski definition) is 0. The predicted octanol–water partition coefficient (Wildman–Crippen LogP) is 4.14. The van der Waals surface area contributed by atoms with Crippen LogP contribution in [0.1, 0.15) is 66.7 Å². The van der Waals surface area contributed by atoms with Gasteiger partial charge in [-0.1, -0.05) is 13.0 Å². The molecule has 1 atom stereocenters. The molecular weight excluding hydrogens is 235 g/mol. The largest absolute Gasteiger partial charge is 0.490 e. The standard InChI is InChI=1S/C16H27BO2/c1-14(2)15(3,4)19-17(18-14)13-8-6-12(7-9-13)16(5)10-11-16/h8,12H,6-7,9-11H2,1-5H3. The first-order valence-electron chi connectivity index (χ1n) is 7.78. The van der Waals surface area contributed by atoms with Gasteiger partial charge in [0.25, 0.3) is 0 Å². The van der Waals surface area contributed by atoms with Crippen molar-refractivity contribution >= 4 is 7.12 Å². The maximum Gasteiger partial charge on any atom is 0.490 e. The highest BCUT2D eigenvalue weighted by Crippen LogP contribution is 2.56. The molecule has 2 aliphatic carbocycles. The third-order valence-electron chi connectivity index (χ3n) is 6.03. The van der Waals surface area contributed by atoms with E-state index in [1.54, 1.807) is 0 Å². The van der Waals surface area contributed by atoms with Gasteiger partial charge in [-0.05, 0) is 76.6 Å². The van der Waals surface area contributed by atoms with Crippen LogP contribution in [0.25, 0.3) is 0 Å². The van der Waals surface area contributed by atoms with Gasteiger partial charge in [0, 0.05) is 0 Å². The third kappa shape index (κ3) is 2.29. The van der Waals surface area contributed by atoms with Crippen molar-refractivity contribution in [2.75, 3.05) is 0 Å². The van der Waals surface area contributed by atoms with Crippen molar-refractivity contribution in [1.29, 1.82) is 0 Å². The summed E-state index contributed by atoms with van der Waals surface area (Å²) in [6.45, 7) is 11.0. The molecule has 0 radical (unpaired) electrons. The van der Waals surface area contributed by atoms with E-state index < -0.39 is 0 Å². The topological polar surface area (TPSA) is 18.5 Å². The molecular formula is C16H27BO2. The van der Waals surface area contributed by atoms with Crippen molar-refractivity contribution in [2.45, 2.75) is 77.9 Å². The lowest BCUT2D eigenvalue weighted by Gasteiger charge is -2.32. The molecule has 2 fully saturated rings. The zero-order chi connectivity index (χ0) is 13.9. The van der Waals surface area contributed by atoms with Crippen LogP contribution in [0.3, 0.4) is 0 Å². The fraction of sp³-hybridized carbons (Fsp3) is 0.875. The van der Waals surface area contributed by atoms with Crippen LogP contribution in [-0.2, 0) is 9.31 Å². The zero-order valence-corrected chi connectivity index (χ0v) is 13.1. The van der Waals surface area contributed by atoms with Gasteiger partial charge < -0.3 is 9.31 Å².